The largest absolute Gasteiger partial charge is 0.507 e. The zero-order valence-corrected chi connectivity index (χ0v) is 18.1. The maximum Gasteiger partial charge on any atom is 0.295 e. The van der Waals surface area contributed by atoms with Crippen LogP contribution >= 0.6 is 0 Å². The van der Waals surface area contributed by atoms with E-state index in [1.165, 1.54) is 12.0 Å². The number of likely N-dealkylation sites (tertiary alicyclic amines) is 1. The van der Waals surface area contributed by atoms with Crippen LogP contribution in [0.5, 0.6) is 11.5 Å². The van der Waals surface area contributed by atoms with Crippen LogP contribution in [0.2, 0.25) is 0 Å². The molecule has 0 unspecified atom stereocenters. The number of hydrogen-bond acceptors (Lipinski definition) is 7. The predicted octanol–water partition coefficient (Wildman–Crippen LogP) is 2.52. The van der Waals surface area contributed by atoms with Crippen molar-refractivity contribution in [2.75, 3.05) is 40.1 Å². The van der Waals surface area contributed by atoms with Crippen molar-refractivity contribution in [3.8, 4) is 11.5 Å². The highest BCUT2D eigenvalue weighted by molar-refractivity contribution is 6.46. The fraction of sp³-hybridized carbons (Fsp3) is 0.333. The molecule has 170 valence electrons. The number of hydrogen-bond donors (Lipinski definition) is 2. The lowest BCUT2D eigenvalue weighted by atomic mass is 9.94. The zero-order valence-electron chi connectivity index (χ0n) is 18.1. The Kier molecular flexibility index (Phi) is 7.86. The summed E-state index contributed by atoms with van der Waals surface area (Å²) in [6.07, 6.45) is 0. The van der Waals surface area contributed by atoms with E-state index in [0.29, 0.717) is 29.2 Å². The summed E-state index contributed by atoms with van der Waals surface area (Å²) in [5.74, 6) is -0.679. The molecule has 0 spiro atoms. The average Bonchev–Trinajstić information content (AvgIpc) is 3.06. The molecule has 1 amide bonds. The quantitative estimate of drug-likeness (QED) is 0.253. The molecular formula is C24H27NO7. The molecule has 0 saturated carbocycles. The minimum Gasteiger partial charge on any atom is -0.507 e. The van der Waals surface area contributed by atoms with Crippen LogP contribution in [0, 0.1) is 0 Å². The molecule has 8 heteroatoms. The van der Waals surface area contributed by atoms with Crippen molar-refractivity contribution in [2.45, 2.75) is 13.0 Å². The first-order valence-corrected chi connectivity index (χ1v) is 10.4. The van der Waals surface area contributed by atoms with Gasteiger partial charge in [-0.25, -0.2) is 0 Å². The van der Waals surface area contributed by atoms with Gasteiger partial charge in [-0.2, -0.15) is 0 Å². The summed E-state index contributed by atoms with van der Waals surface area (Å²) in [4.78, 5) is 27.3. The number of amides is 1. The molecule has 0 aromatic heterocycles. The standard InChI is InChI=1S/C24H27NO7/c1-3-32-17-10-8-16(9-11-17)22(27)20-21(18-6-4-5-7-19(18)30-2)25(24(29)23(20)28)12-14-31-15-13-26/h4-11,21,26-27H,3,12-15H2,1-2H3/b22-20+/t21-/m0/s1. The summed E-state index contributed by atoms with van der Waals surface area (Å²) < 4.78 is 16.2. The zero-order chi connectivity index (χ0) is 23.1. The predicted molar refractivity (Wildman–Crippen MR) is 118 cm³/mol. The Morgan fingerprint density at radius 2 is 1.78 bits per heavy atom. The molecule has 1 fully saturated rings. The molecule has 2 aromatic rings. The average molecular weight is 441 g/mol. The van der Waals surface area contributed by atoms with Gasteiger partial charge < -0.3 is 29.3 Å². The number of carbonyl (C=O) groups is 2. The third-order valence-corrected chi connectivity index (χ3v) is 5.12. The molecule has 8 nitrogen and oxygen atoms in total. The smallest absolute Gasteiger partial charge is 0.295 e. The number of carbonyl (C=O) groups excluding carboxylic acids is 2. The summed E-state index contributed by atoms with van der Waals surface area (Å²) in [5, 5.41) is 20.0. The fourth-order valence-corrected chi connectivity index (χ4v) is 3.69. The van der Waals surface area contributed by atoms with E-state index in [1.54, 1.807) is 48.5 Å². The molecule has 1 heterocycles. The van der Waals surface area contributed by atoms with E-state index < -0.39 is 17.7 Å². The maximum absolute atomic E-state index is 13.0. The van der Waals surface area contributed by atoms with E-state index in [-0.39, 0.29) is 37.7 Å². The third-order valence-electron chi connectivity index (χ3n) is 5.12. The lowest BCUT2D eigenvalue weighted by Gasteiger charge is -2.26. The molecule has 2 N–H and O–H groups in total. The number of methoxy groups -OCH3 is 1. The van der Waals surface area contributed by atoms with Gasteiger partial charge in [0.2, 0.25) is 0 Å². The van der Waals surface area contributed by atoms with Gasteiger partial charge in [0.25, 0.3) is 11.7 Å². The summed E-state index contributed by atoms with van der Waals surface area (Å²) >= 11 is 0. The van der Waals surface area contributed by atoms with E-state index in [1.807, 2.05) is 6.92 Å². The molecule has 1 aliphatic heterocycles. The molecule has 2 aromatic carbocycles. The number of nitrogens with zero attached hydrogens (tertiary/aromatic N) is 1. The highest BCUT2D eigenvalue weighted by atomic mass is 16.5. The Balaban J connectivity index is 2.07. The van der Waals surface area contributed by atoms with Crippen LogP contribution in [-0.4, -0.2) is 66.9 Å². The van der Waals surface area contributed by atoms with Crippen molar-refractivity contribution < 1.29 is 34.0 Å². The summed E-state index contributed by atoms with van der Waals surface area (Å²) in [6.45, 7) is 2.58. The number of aliphatic hydroxyl groups is 2. The Hall–Kier alpha value is -3.36. The van der Waals surface area contributed by atoms with Crippen LogP contribution < -0.4 is 9.47 Å². The first-order chi connectivity index (χ1) is 15.5. The first kappa shape index (κ1) is 23.3. The van der Waals surface area contributed by atoms with Crippen molar-refractivity contribution in [3.63, 3.8) is 0 Å². The number of aliphatic hydroxyl groups excluding tert-OH is 2. The maximum atomic E-state index is 13.0. The molecular weight excluding hydrogens is 414 g/mol. The van der Waals surface area contributed by atoms with Crippen LogP contribution in [0.3, 0.4) is 0 Å². The van der Waals surface area contributed by atoms with E-state index in [2.05, 4.69) is 0 Å². The Morgan fingerprint density at radius 1 is 1.06 bits per heavy atom. The van der Waals surface area contributed by atoms with Gasteiger partial charge in [0.1, 0.15) is 17.3 Å². The number of benzene rings is 2. The molecule has 32 heavy (non-hydrogen) atoms. The van der Waals surface area contributed by atoms with Crippen molar-refractivity contribution in [1.82, 2.24) is 4.90 Å². The minimum atomic E-state index is -0.851. The van der Waals surface area contributed by atoms with Gasteiger partial charge in [-0.3, -0.25) is 9.59 Å². The fourth-order valence-electron chi connectivity index (χ4n) is 3.69. The number of para-hydroxylation sites is 1. The number of ether oxygens (including phenoxy) is 3. The highest BCUT2D eigenvalue weighted by Gasteiger charge is 2.46. The molecule has 3 rings (SSSR count). The second-order valence-corrected chi connectivity index (χ2v) is 7.03. The monoisotopic (exact) mass is 441 g/mol. The molecule has 1 saturated heterocycles. The Morgan fingerprint density at radius 3 is 2.44 bits per heavy atom. The number of ketones is 1. The molecule has 1 aliphatic rings. The summed E-state index contributed by atoms with van der Waals surface area (Å²) in [6, 6.07) is 12.8. The lowest BCUT2D eigenvalue weighted by Crippen LogP contribution is -2.33. The van der Waals surface area contributed by atoms with Crippen LogP contribution in [0.1, 0.15) is 24.1 Å². The molecule has 0 radical (unpaired) electrons. The van der Waals surface area contributed by atoms with Gasteiger partial charge >= 0.3 is 0 Å². The van der Waals surface area contributed by atoms with Gasteiger partial charge in [-0.05, 0) is 37.3 Å². The number of rotatable bonds is 10. The lowest BCUT2D eigenvalue weighted by molar-refractivity contribution is -0.140. The van der Waals surface area contributed by atoms with Crippen molar-refractivity contribution in [2.24, 2.45) is 0 Å². The molecule has 0 aliphatic carbocycles. The van der Waals surface area contributed by atoms with Gasteiger partial charge in [0, 0.05) is 17.7 Å². The van der Waals surface area contributed by atoms with Crippen LogP contribution in [0.15, 0.2) is 54.1 Å². The van der Waals surface area contributed by atoms with Crippen molar-refractivity contribution in [3.05, 3.63) is 65.2 Å². The summed E-state index contributed by atoms with van der Waals surface area (Å²) in [7, 11) is 1.50. The van der Waals surface area contributed by atoms with Gasteiger partial charge in [0.15, 0.2) is 0 Å². The van der Waals surface area contributed by atoms with Crippen LogP contribution in [0.4, 0.5) is 0 Å². The molecule has 0 bridgehead atoms. The van der Waals surface area contributed by atoms with E-state index in [4.69, 9.17) is 19.3 Å². The topological polar surface area (TPSA) is 106 Å². The van der Waals surface area contributed by atoms with E-state index in [0.717, 1.165) is 0 Å². The van der Waals surface area contributed by atoms with Gasteiger partial charge in [0.05, 0.1) is 45.2 Å². The van der Waals surface area contributed by atoms with Crippen LogP contribution in [-0.2, 0) is 14.3 Å². The Bertz CT molecular complexity index is 984. The Labute approximate surface area is 186 Å². The normalized spacial score (nSPS) is 17.6. The summed E-state index contributed by atoms with van der Waals surface area (Å²) in [5.41, 5.74) is 0.942. The van der Waals surface area contributed by atoms with E-state index >= 15 is 0 Å². The first-order valence-electron chi connectivity index (χ1n) is 10.4. The van der Waals surface area contributed by atoms with Crippen LogP contribution in [0.25, 0.3) is 5.76 Å². The molecule has 1 atom stereocenters. The van der Waals surface area contributed by atoms with Crippen molar-refractivity contribution in [1.29, 1.82) is 0 Å². The minimum absolute atomic E-state index is 0.0224. The van der Waals surface area contributed by atoms with Gasteiger partial charge in [-0.15, -0.1) is 0 Å². The highest BCUT2D eigenvalue weighted by Crippen LogP contribution is 2.42. The van der Waals surface area contributed by atoms with Crippen molar-refractivity contribution >= 4 is 17.4 Å². The SMILES string of the molecule is CCOc1ccc(/C(O)=C2\C(=O)C(=O)N(CCOCCO)[C@H]2c2ccccc2OC)cc1. The van der Waals surface area contributed by atoms with Gasteiger partial charge in [-0.1, -0.05) is 18.2 Å². The second-order valence-electron chi connectivity index (χ2n) is 7.03. The number of Topliss-reactive ketones (excluding diaryl/α,β-unsaturated/α-hetero) is 1. The van der Waals surface area contributed by atoms with E-state index in [9.17, 15) is 14.7 Å². The second kappa shape index (κ2) is 10.8. The third kappa shape index (κ3) is 4.76.